The van der Waals surface area contributed by atoms with Crippen molar-refractivity contribution >= 4 is 23.6 Å². The van der Waals surface area contributed by atoms with E-state index in [0.29, 0.717) is 12.5 Å². The Morgan fingerprint density at radius 3 is 2.60 bits per heavy atom. The average molecular weight is 298 g/mol. The molecule has 2 amide bonds. The first-order valence-electron chi connectivity index (χ1n) is 7.75. The molecule has 2 aliphatic rings. The van der Waals surface area contributed by atoms with Crippen LogP contribution in [0.3, 0.4) is 0 Å². The summed E-state index contributed by atoms with van der Waals surface area (Å²) in [6, 6.07) is -0.314. The van der Waals surface area contributed by atoms with E-state index in [-0.39, 0.29) is 17.9 Å². The van der Waals surface area contributed by atoms with Crippen molar-refractivity contribution in [1.29, 1.82) is 0 Å². The Labute approximate surface area is 126 Å². The Morgan fingerprint density at radius 2 is 2.05 bits per heavy atom. The SMILES string of the molecule is CCCC1NC(=O)C(C)(C2CC2)N(CCSCC)C1=O. The van der Waals surface area contributed by atoms with E-state index in [2.05, 4.69) is 12.2 Å². The van der Waals surface area contributed by atoms with Crippen molar-refractivity contribution in [2.45, 2.75) is 58.0 Å². The molecule has 1 saturated carbocycles. The van der Waals surface area contributed by atoms with Crippen LogP contribution in [0, 0.1) is 5.92 Å². The second-order valence-electron chi connectivity index (χ2n) is 5.92. The van der Waals surface area contributed by atoms with Gasteiger partial charge in [0.2, 0.25) is 11.8 Å². The molecule has 0 bridgehead atoms. The van der Waals surface area contributed by atoms with Gasteiger partial charge in [-0.15, -0.1) is 0 Å². The molecule has 2 rings (SSSR count). The first-order valence-corrected chi connectivity index (χ1v) is 8.91. The first kappa shape index (κ1) is 15.7. The van der Waals surface area contributed by atoms with E-state index in [1.54, 1.807) is 0 Å². The molecule has 0 aromatic heterocycles. The molecule has 0 aromatic rings. The van der Waals surface area contributed by atoms with Gasteiger partial charge in [0.1, 0.15) is 11.6 Å². The highest BCUT2D eigenvalue weighted by atomic mass is 32.2. The molecule has 0 aromatic carbocycles. The minimum atomic E-state index is -0.615. The van der Waals surface area contributed by atoms with Gasteiger partial charge in [-0.2, -0.15) is 11.8 Å². The van der Waals surface area contributed by atoms with Gasteiger partial charge in [-0.05, 0) is 37.9 Å². The molecule has 1 saturated heterocycles. The van der Waals surface area contributed by atoms with E-state index in [4.69, 9.17) is 0 Å². The Kier molecular flexibility index (Phi) is 4.99. The zero-order valence-electron chi connectivity index (χ0n) is 12.8. The smallest absolute Gasteiger partial charge is 0.246 e. The predicted molar refractivity (Wildman–Crippen MR) is 82.7 cm³/mol. The number of hydrogen-bond donors (Lipinski definition) is 1. The summed E-state index contributed by atoms with van der Waals surface area (Å²) in [5, 5.41) is 2.96. The van der Waals surface area contributed by atoms with Crippen molar-refractivity contribution in [1.82, 2.24) is 10.2 Å². The third-order valence-electron chi connectivity index (χ3n) is 4.50. The van der Waals surface area contributed by atoms with Gasteiger partial charge in [-0.25, -0.2) is 0 Å². The molecule has 2 unspecified atom stereocenters. The maximum absolute atomic E-state index is 12.7. The van der Waals surface area contributed by atoms with Crippen molar-refractivity contribution in [3.8, 4) is 0 Å². The largest absolute Gasteiger partial charge is 0.342 e. The lowest BCUT2D eigenvalue weighted by atomic mass is 9.87. The Morgan fingerprint density at radius 1 is 1.35 bits per heavy atom. The third-order valence-corrected chi connectivity index (χ3v) is 5.38. The molecule has 1 aliphatic heterocycles. The molecule has 0 spiro atoms. The molecule has 114 valence electrons. The molecule has 4 nitrogen and oxygen atoms in total. The van der Waals surface area contributed by atoms with Gasteiger partial charge in [0.15, 0.2) is 0 Å². The maximum Gasteiger partial charge on any atom is 0.246 e. The van der Waals surface area contributed by atoms with Gasteiger partial charge in [0, 0.05) is 12.3 Å². The Bertz CT molecular complexity index is 384. The topological polar surface area (TPSA) is 49.4 Å². The monoisotopic (exact) mass is 298 g/mol. The molecule has 1 aliphatic carbocycles. The standard InChI is InChI=1S/C15H26N2O2S/c1-4-6-12-13(18)17(9-10-20-5-2)15(3,11-7-8-11)14(19)16-12/h11-12H,4-10H2,1-3H3,(H,16,19). The zero-order valence-corrected chi connectivity index (χ0v) is 13.6. The van der Waals surface area contributed by atoms with Gasteiger partial charge < -0.3 is 10.2 Å². The average Bonchev–Trinajstić information content (AvgIpc) is 3.25. The lowest BCUT2D eigenvalue weighted by Crippen LogP contribution is -2.70. The lowest BCUT2D eigenvalue weighted by molar-refractivity contribution is -0.157. The molecule has 2 fully saturated rings. The molecular formula is C15H26N2O2S. The van der Waals surface area contributed by atoms with Crippen molar-refractivity contribution in [3.05, 3.63) is 0 Å². The molecule has 5 heteroatoms. The first-order chi connectivity index (χ1) is 9.55. The minimum Gasteiger partial charge on any atom is -0.342 e. The molecule has 1 heterocycles. The van der Waals surface area contributed by atoms with Crippen molar-refractivity contribution < 1.29 is 9.59 Å². The Balaban J connectivity index is 2.17. The van der Waals surface area contributed by atoms with Crippen molar-refractivity contribution in [3.63, 3.8) is 0 Å². The van der Waals surface area contributed by atoms with Gasteiger partial charge in [0.05, 0.1) is 0 Å². The van der Waals surface area contributed by atoms with E-state index in [1.165, 1.54) is 0 Å². The second-order valence-corrected chi connectivity index (χ2v) is 7.32. The van der Waals surface area contributed by atoms with Crippen LogP contribution in [0.2, 0.25) is 0 Å². The van der Waals surface area contributed by atoms with Crippen LogP contribution >= 0.6 is 11.8 Å². The number of carbonyl (C=O) groups is 2. The number of rotatable bonds is 7. The fraction of sp³-hybridized carbons (Fsp3) is 0.867. The number of hydrogen-bond acceptors (Lipinski definition) is 3. The van der Waals surface area contributed by atoms with Crippen LogP contribution in [-0.2, 0) is 9.59 Å². The maximum atomic E-state index is 12.7. The summed E-state index contributed by atoms with van der Waals surface area (Å²) in [6.07, 6.45) is 3.78. The summed E-state index contributed by atoms with van der Waals surface area (Å²) in [7, 11) is 0. The number of carbonyl (C=O) groups excluding carboxylic acids is 2. The van der Waals surface area contributed by atoms with Crippen molar-refractivity contribution in [2.24, 2.45) is 5.92 Å². The lowest BCUT2D eigenvalue weighted by Gasteiger charge is -2.46. The van der Waals surface area contributed by atoms with Crippen molar-refractivity contribution in [2.75, 3.05) is 18.1 Å². The molecule has 20 heavy (non-hydrogen) atoms. The molecule has 1 N–H and O–H groups in total. The molecule has 2 atom stereocenters. The highest BCUT2D eigenvalue weighted by Gasteiger charge is 2.56. The third kappa shape index (κ3) is 2.83. The number of nitrogens with one attached hydrogen (secondary N) is 1. The van der Waals surface area contributed by atoms with E-state index in [9.17, 15) is 9.59 Å². The van der Waals surface area contributed by atoms with Gasteiger partial charge in [0.25, 0.3) is 0 Å². The van der Waals surface area contributed by atoms with Crippen LogP contribution in [0.25, 0.3) is 0 Å². The number of amides is 2. The summed E-state index contributed by atoms with van der Waals surface area (Å²) < 4.78 is 0. The van der Waals surface area contributed by atoms with Gasteiger partial charge in [-0.3, -0.25) is 9.59 Å². The molecule has 0 radical (unpaired) electrons. The number of piperazine rings is 1. The van der Waals surface area contributed by atoms with E-state index < -0.39 is 5.54 Å². The molecular weight excluding hydrogens is 272 g/mol. The summed E-state index contributed by atoms with van der Waals surface area (Å²) in [5.41, 5.74) is -0.615. The van der Waals surface area contributed by atoms with Crippen LogP contribution in [0.4, 0.5) is 0 Å². The van der Waals surface area contributed by atoms with E-state index >= 15 is 0 Å². The number of thioether (sulfide) groups is 1. The fourth-order valence-corrected chi connectivity index (χ4v) is 3.68. The number of nitrogens with zero attached hydrogens (tertiary/aromatic N) is 1. The normalized spacial score (nSPS) is 30.6. The summed E-state index contributed by atoms with van der Waals surface area (Å²) in [6.45, 7) is 6.81. The highest BCUT2D eigenvalue weighted by molar-refractivity contribution is 7.99. The summed E-state index contributed by atoms with van der Waals surface area (Å²) >= 11 is 1.83. The van der Waals surface area contributed by atoms with E-state index in [1.807, 2.05) is 30.5 Å². The second kappa shape index (κ2) is 6.37. The summed E-state index contributed by atoms with van der Waals surface area (Å²) in [5.74, 6) is 2.49. The van der Waals surface area contributed by atoms with Gasteiger partial charge >= 0.3 is 0 Å². The zero-order chi connectivity index (χ0) is 14.8. The minimum absolute atomic E-state index is 0.0551. The highest BCUT2D eigenvalue weighted by Crippen LogP contribution is 2.45. The fourth-order valence-electron chi connectivity index (χ4n) is 3.08. The Hall–Kier alpha value is -0.710. The predicted octanol–water partition coefficient (Wildman–Crippen LogP) is 2.04. The summed E-state index contributed by atoms with van der Waals surface area (Å²) in [4.78, 5) is 27.1. The van der Waals surface area contributed by atoms with E-state index in [0.717, 1.165) is 37.2 Å². The van der Waals surface area contributed by atoms with Crippen LogP contribution in [0.1, 0.15) is 46.5 Å². The van der Waals surface area contributed by atoms with Crippen LogP contribution in [-0.4, -0.2) is 46.3 Å². The van der Waals surface area contributed by atoms with Crippen LogP contribution < -0.4 is 5.32 Å². The van der Waals surface area contributed by atoms with Crippen LogP contribution in [0.5, 0.6) is 0 Å². The van der Waals surface area contributed by atoms with Gasteiger partial charge in [-0.1, -0.05) is 20.3 Å². The van der Waals surface area contributed by atoms with Crippen LogP contribution in [0.15, 0.2) is 0 Å². The quantitative estimate of drug-likeness (QED) is 0.732.